The number of hydrogen-bond donors (Lipinski definition) is 2. The maximum atomic E-state index is 11.2. The van der Waals surface area contributed by atoms with Crippen molar-refractivity contribution in [1.82, 2.24) is 0 Å². The average Bonchev–Trinajstić information content (AvgIpc) is 2.40. The van der Waals surface area contributed by atoms with Crippen molar-refractivity contribution in [3.05, 3.63) is 52.5 Å². The van der Waals surface area contributed by atoms with Gasteiger partial charge in [-0.3, -0.25) is 4.79 Å². The monoisotopic (exact) mass is 349 g/mol. The van der Waals surface area contributed by atoms with E-state index in [1.54, 1.807) is 36.4 Å². The number of aromatic carboxylic acids is 1. The van der Waals surface area contributed by atoms with Gasteiger partial charge in [-0.2, -0.15) is 0 Å². The summed E-state index contributed by atoms with van der Waals surface area (Å²) in [6, 6.07) is 11.3. The fourth-order valence-corrected chi connectivity index (χ4v) is 2.03. The molecule has 0 saturated heterocycles. The SMILES string of the molecule is CC(=O)Nc1ccc(Oc2cc(Br)ccc2C(=O)O)cc1. The zero-order valence-electron chi connectivity index (χ0n) is 11.1. The molecule has 0 fully saturated rings. The van der Waals surface area contributed by atoms with Crippen LogP contribution in [-0.4, -0.2) is 17.0 Å². The van der Waals surface area contributed by atoms with Gasteiger partial charge in [-0.15, -0.1) is 0 Å². The summed E-state index contributed by atoms with van der Waals surface area (Å²) in [7, 11) is 0. The molecule has 0 aliphatic heterocycles. The van der Waals surface area contributed by atoms with E-state index in [9.17, 15) is 9.59 Å². The lowest BCUT2D eigenvalue weighted by Crippen LogP contribution is -2.05. The van der Waals surface area contributed by atoms with E-state index in [1.807, 2.05) is 0 Å². The minimum atomic E-state index is -1.06. The van der Waals surface area contributed by atoms with Crippen molar-refractivity contribution in [2.24, 2.45) is 0 Å². The van der Waals surface area contributed by atoms with E-state index < -0.39 is 5.97 Å². The van der Waals surface area contributed by atoms with Crippen LogP contribution in [0.15, 0.2) is 46.9 Å². The second-order valence-electron chi connectivity index (χ2n) is 4.25. The number of halogens is 1. The van der Waals surface area contributed by atoms with E-state index in [4.69, 9.17) is 9.84 Å². The van der Waals surface area contributed by atoms with E-state index in [2.05, 4.69) is 21.2 Å². The van der Waals surface area contributed by atoms with Crippen LogP contribution in [0.3, 0.4) is 0 Å². The Hall–Kier alpha value is -2.34. The molecule has 0 aliphatic rings. The molecule has 21 heavy (non-hydrogen) atoms. The molecule has 0 atom stereocenters. The molecular weight excluding hydrogens is 338 g/mol. The number of rotatable bonds is 4. The summed E-state index contributed by atoms with van der Waals surface area (Å²) in [5.41, 5.74) is 0.715. The predicted octanol–water partition coefficient (Wildman–Crippen LogP) is 3.90. The highest BCUT2D eigenvalue weighted by Crippen LogP contribution is 2.29. The van der Waals surface area contributed by atoms with Crippen LogP contribution in [0.2, 0.25) is 0 Å². The van der Waals surface area contributed by atoms with Crippen LogP contribution < -0.4 is 10.1 Å². The van der Waals surface area contributed by atoms with Gasteiger partial charge in [-0.25, -0.2) is 4.79 Å². The topological polar surface area (TPSA) is 75.6 Å². The van der Waals surface area contributed by atoms with Crippen molar-refractivity contribution >= 4 is 33.5 Å². The van der Waals surface area contributed by atoms with Gasteiger partial charge >= 0.3 is 5.97 Å². The number of nitrogens with one attached hydrogen (secondary N) is 1. The highest BCUT2D eigenvalue weighted by molar-refractivity contribution is 9.10. The standard InChI is InChI=1S/C15H12BrNO4/c1-9(18)17-11-3-5-12(6-4-11)21-14-8-10(16)2-7-13(14)15(19)20/h2-8H,1H3,(H,17,18)(H,19,20). The van der Waals surface area contributed by atoms with E-state index in [-0.39, 0.29) is 17.2 Å². The molecule has 0 bridgehead atoms. The molecule has 2 aromatic rings. The zero-order chi connectivity index (χ0) is 15.4. The normalized spacial score (nSPS) is 10.0. The number of amides is 1. The first-order chi connectivity index (χ1) is 9.95. The number of ether oxygens (including phenoxy) is 1. The van der Waals surface area contributed by atoms with Gasteiger partial charge in [0.05, 0.1) is 0 Å². The fourth-order valence-electron chi connectivity index (χ4n) is 1.69. The second-order valence-corrected chi connectivity index (χ2v) is 5.17. The van der Waals surface area contributed by atoms with Crippen LogP contribution in [0, 0.1) is 0 Å². The first-order valence-electron chi connectivity index (χ1n) is 6.04. The number of carbonyl (C=O) groups excluding carboxylic acids is 1. The third-order valence-electron chi connectivity index (χ3n) is 2.58. The van der Waals surface area contributed by atoms with E-state index in [0.29, 0.717) is 11.4 Å². The first-order valence-corrected chi connectivity index (χ1v) is 6.83. The van der Waals surface area contributed by atoms with Crippen LogP contribution in [-0.2, 0) is 4.79 Å². The third kappa shape index (κ3) is 4.06. The Morgan fingerprint density at radius 1 is 1.14 bits per heavy atom. The van der Waals surface area contributed by atoms with Crippen molar-refractivity contribution in [2.75, 3.05) is 5.32 Å². The fraction of sp³-hybridized carbons (Fsp3) is 0.0667. The summed E-state index contributed by atoms with van der Waals surface area (Å²) in [5, 5.41) is 11.8. The maximum Gasteiger partial charge on any atom is 0.339 e. The number of carbonyl (C=O) groups is 2. The summed E-state index contributed by atoms with van der Waals surface area (Å²) in [5.74, 6) is -0.509. The summed E-state index contributed by atoms with van der Waals surface area (Å²) < 4.78 is 6.31. The lowest BCUT2D eigenvalue weighted by atomic mass is 10.2. The Balaban J connectivity index is 2.23. The van der Waals surface area contributed by atoms with Crippen LogP contribution in [0.4, 0.5) is 5.69 Å². The van der Waals surface area contributed by atoms with Crippen LogP contribution in [0.1, 0.15) is 17.3 Å². The highest BCUT2D eigenvalue weighted by Gasteiger charge is 2.12. The Kier molecular flexibility index (Phi) is 4.59. The summed E-state index contributed by atoms with van der Waals surface area (Å²) in [6.07, 6.45) is 0. The first kappa shape index (κ1) is 15.1. The highest BCUT2D eigenvalue weighted by atomic mass is 79.9. The van der Waals surface area contributed by atoms with Crippen molar-refractivity contribution in [2.45, 2.75) is 6.92 Å². The minimum absolute atomic E-state index is 0.0733. The van der Waals surface area contributed by atoms with Gasteiger partial charge in [0.2, 0.25) is 5.91 Å². The van der Waals surface area contributed by atoms with Crippen LogP contribution in [0.5, 0.6) is 11.5 Å². The Labute approximate surface area is 129 Å². The van der Waals surface area contributed by atoms with Crippen LogP contribution >= 0.6 is 15.9 Å². The largest absolute Gasteiger partial charge is 0.478 e. The van der Waals surface area contributed by atoms with Crippen molar-refractivity contribution in [3.8, 4) is 11.5 Å². The molecule has 0 radical (unpaired) electrons. The second kappa shape index (κ2) is 6.41. The van der Waals surface area contributed by atoms with E-state index >= 15 is 0 Å². The number of carboxylic acids is 1. The van der Waals surface area contributed by atoms with Gasteiger partial charge in [0.25, 0.3) is 0 Å². The number of benzene rings is 2. The summed E-state index contributed by atoms with van der Waals surface area (Å²) >= 11 is 3.28. The summed E-state index contributed by atoms with van der Waals surface area (Å²) in [6.45, 7) is 1.42. The number of anilines is 1. The molecule has 0 aliphatic carbocycles. The zero-order valence-corrected chi connectivity index (χ0v) is 12.7. The molecule has 0 unspecified atom stereocenters. The Morgan fingerprint density at radius 2 is 1.81 bits per heavy atom. The Bertz CT molecular complexity index is 683. The van der Waals surface area contributed by atoms with Gasteiger partial charge in [-0.1, -0.05) is 15.9 Å². The quantitative estimate of drug-likeness (QED) is 0.877. The predicted molar refractivity (Wildman–Crippen MR) is 81.9 cm³/mol. The third-order valence-corrected chi connectivity index (χ3v) is 3.07. The lowest BCUT2D eigenvalue weighted by molar-refractivity contribution is -0.114. The minimum Gasteiger partial charge on any atom is -0.478 e. The van der Waals surface area contributed by atoms with E-state index in [0.717, 1.165) is 4.47 Å². The van der Waals surface area contributed by atoms with Crippen molar-refractivity contribution in [1.29, 1.82) is 0 Å². The molecule has 108 valence electrons. The molecule has 2 rings (SSSR count). The summed E-state index contributed by atoms with van der Waals surface area (Å²) in [4.78, 5) is 22.1. The Morgan fingerprint density at radius 3 is 2.38 bits per heavy atom. The molecule has 2 aromatic carbocycles. The number of carboxylic acid groups (broad SMARTS) is 1. The van der Waals surface area contributed by atoms with Gasteiger partial charge in [0, 0.05) is 17.1 Å². The lowest BCUT2D eigenvalue weighted by Gasteiger charge is -2.10. The molecule has 0 saturated carbocycles. The van der Waals surface area contributed by atoms with E-state index in [1.165, 1.54) is 13.0 Å². The smallest absolute Gasteiger partial charge is 0.339 e. The molecule has 0 spiro atoms. The average molecular weight is 350 g/mol. The molecule has 6 heteroatoms. The van der Waals surface area contributed by atoms with Gasteiger partial charge in [0.1, 0.15) is 17.1 Å². The molecule has 0 heterocycles. The molecule has 2 N–H and O–H groups in total. The van der Waals surface area contributed by atoms with Crippen LogP contribution in [0.25, 0.3) is 0 Å². The number of hydrogen-bond acceptors (Lipinski definition) is 3. The van der Waals surface area contributed by atoms with Gasteiger partial charge in [0.15, 0.2) is 0 Å². The van der Waals surface area contributed by atoms with Crippen molar-refractivity contribution in [3.63, 3.8) is 0 Å². The van der Waals surface area contributed by atoms with Crippen molar-refractivity contribution < 1.29 is 19.4 Å². The molecular formula is C15H12BrNO4. The van der Waals surface area contributed by atoms with Gasteiger partial charge in [-0.05, 0) is 42.5 Å². The molecule has 1 amide bonds. The maximum absolute atomic E-state index is 11.2. The molecule has 5 nitrogen and oxygen atoms in total. The van der Waals surface area contributed by atoms with Gasteiger partial charge < -0.3 is 15.2 Å². The molecule has 0 aromatic heterocycles.